The van der Waals surface area contributed by atoms with Crippen LogP contribution in [0.15, 0.2) is 168 Å². The maximum atomic E-state index is 12.3. The Hall–Kier alpha value is -11.9. The average molecular weight is 1180 g/mol. The van der Waals surface area contributed by atoms with Gasteiger partial charge >= 0.3 is 0 Å². The van der Waals surface area contributed by atoms with E-state index >= 15 is 0 Å². The summed E-state index contributed by atoms with van der Waals surface area (Å²) in [5.41, 5.74) is -0.280. The Balaban J connectivity index is 1.25. The van der Waals surface area contributed by atoms with E-state index in [0.29, 0.717) is 5.56 Å². The van der Waals surface area contributed by atoms with Gasteiger partial charge in [0, 0.05) is 101 Å². The number of aryl methyl sites for hydroxylation is 2. The fourth-order valence-corrected chi connectivity index (χ4v) is 8.44. The molecule has 8 aromatic carbocycles. The van der Waals surface area contributed by atoms with Crippen molar-refractivity contribution in [3.63, 3.8) is 0 Å². The lowest BCUT2D eigenvalue weighted by Gasteiger charge is -2.16. The molecule has 10 N–H and O–H groups in total. The molecule has 0 heterocycles. The molecule has 0 saturated heterocycles. The van der Waals surface area contributed by atoms with E-state index in [0.717, 1.165) is 36.4 Å². The van der Waals surface area contributed by atoms with Crippen molar-refractivity contribution in [1.82, 2.24) is 0 Å². The lowest BCUT2D eigenvalue weighted by atomic mass is 9.93. The van der Waals surface area contributed by atoms with E-state index in [4.69, 9.17) is 32.4 Å². The van der Waals surface area contributed by atoms with Crippen LogP contribution in [0.3, 0.4) is 0 Å². The number of azo groups is 4. The number of nitro benzene ring substituents is 4. The Kier molecular flexibility index (Phi) is 18.8. The van der Waals surface area contributed by atoms with Crippen molar-refractivity contribution in [2.75, 3.05) is 0 Å². The third-order valence-electron chi connectivity index (χ3n) is 12.2. The third-order valence-corrected chi connectivity index (χ3v) is 12.2. The second-order valence-corrected chi connectivity index (χ2v) is 18.2. The monoisotopic (exact) mass is 1180 g/mol. The number of rotatable bonds is 24. The maximum absolute atomic E-state index is 12.3. The lowest BCUT2D eigenvalue weighted by molar-refractivity contribution is -0.385. The van der Waals surface area contributed by atoms with Crippen LogP contribution >= 0.6 is 0 Å². The van der Waals surface area contributed by atoms with Crippen LogP contribution in [0.25, 0.3) is 0 Å². The zero-order valence-corrected chi connectivity index (χ0v) is 44.3. The van der Waals surface area contributed by atoms with Gasteiger partial charge in [-0.25, -0.2) is 0 Å². The first-order chi connectivity index (χ1) is 41.2. The van der Waals surface area contributed by atoms with E-state index in [1.165, 1.54) is 91.0 Å². The van der Waals surface area contributed by atoms with Gasteiger partial charge in [0.05, 0.1) is 83.4 Å². The van der Waals surface area contributed by atoms with E-state index in [9.17, 15) is 60.9 Å². The van der Waals surface area contributed by atoms with Gasteiger partial charge in [-0.3, -0.25) is 40.5 Å². The fourth-order valence-electron chi connectivity index (χ4n) is 8.44. The Morgan fingerprint density at radius 2 is 0.605 bits per heavy atom. The maximum Gasteiger partial charge on any atom is 0.275 e. The van der Waals surface area contributed by atoms with Crippen molar-refractivity contribution >= 4 is 68.2 Å². The second-order valence-electron chi connectivity index (χ2n) is 18.2. The molecule has 86 heavy (non-hydrogen) atoms. The number of benzene rings is 8. The van der Waals surface area contributed by atoms with E-state index < -0.39 is 48.3 Å². The number of nitrogens with zero attached hydrogens (tertiary/aromatic N) is 12. The van der Waals surface area contributed by atoms with Gasteiger partial charge in [-0.2, -0.15) is 58.6 Å². The summed E-state index contributed by atoms with van der Waals surface area (Å²) in [6.07, 6.45) is -0.911. The topological polar surface area (TPSA) is 486 Å². The van der Waals surface area contributed by atoms with Crippen molar-refractivity contribution in [2.45, 2.75) is 33.1 Å². The summed E-state index contributed by atoms with van der Waals surface area (Å²) in [6, 6.07) is 26.7. The normalized spacial score (nSPS) is 11.5. The molecule has 0 aliphatic heterocycles. The Bertz CT molecular complexity index is 4110. The minimum Gasteiger partial charge on any atom is -0.507 e. The van der Waals surface area contributed by atoms with Gasteiger partial charge in [0.2, 0.25) is 0 Å². The van der Waals surface area contributed by atoms with Crippen molar-refractivity contribution in [3.8, 4) is 40.2 Å². The molecular weight excluding hydrogens is 1130 g/mol. The predicted octanol–water partition coefficient (Wildman–Crippen LogP) is 12.7. The molecule has 8 rings (SSSR count). The minimum absolute atomic E-state index is 0.00299. The van der Waals surface area contributed by atoms with Crippen molar-refractivity contribution in [3.05, 3.63) is 212 Å². The molecule has 33 nitrogen and oxygen atoms in total. The molecule has 0 bridgehead atoms. The molecule has 0 fully saturated rings. The summed E-state index contributed by atoms with van der Waals surface area (Å²) >= 11 is 0. The minimum atomic E-state index is -0.734. The highest BCUT2D eigenvalue weighted by atomic mass is 17.3. The molecule has 33 heteroatoms. The molecule has 0 aliphatic rings. The predicted molar refractivity (Wildman–Crippen MR) is 297 cm³/mol. The number of phenolic OH excluding ortho intramolecular Hbond substituents is 4. The third kappa shape index (κ3) is 15.2. The van der Waals surface area contributed by atoms with Crippen molar-refractivity contribution in [1.29, 1.82) is 0 Å². The Morgan fingerprint density at radius 1 is 0.349 bits per heavy atom. The molecule has 0 aliphatic carbocycles. The number of phenols is 4. The molecule has 438 valence electrons. The highest BCUT2D eigenvalue weighted by Crippen LogP contribution is 2.42. The van der Waals surface area contributed by atoms with E-state index in [2.05, 4.69) is 55.9 Å². The van der Waals surface area contributed by atoms with E-state index in [1.807, 2.05) is 0 Å². The fraction of sp³-hybridized carbons (Fsp3) is 0.0943. The Labute approximate surface area is 481 Å². The van der Waals surface area contributed by atoms with Gasteiger partial charge in [0.1, 0.15) is 23.0 Å². The van der Waals surface area contributed by atoms with Gasteiger partial charge in [-0.1, -0.05) is 21.0 Å². The number of hydrogen-bond donors (Lipinski definition) is 7. The van der Waals surface area contributed by atoms with Crippen LogP contribution in [-0.2, 0) is 34.2 Å². The molecule has 0 atom stereocenters. The number of hydrogen-bond acceptors (Lipinski definition) is 29. The van der Waals surface area contributed by atoms with Crippen LogP contribution < -0.4 is 32.4 Å². The SMILES string of the molecule is Cc1cc(N=Nc2cccc([N+](=O)[O-])c2)cc(Cc2cc(N=Nc3cc(OON)cc([N+](=O)[O-])c3)cc(Cc3cc(N=Nc4cc(OON)cc([N+](=O)[O-])c4)cc(Cc4cc(N=Nc5cc(OON)cc([N+](=O)[O-])c5)cc(C)c4O)c3O)c2O)c1O. The molecule has 0 unspecified atom stereocenters. The second kappa shape index (κ2) is 26.8. The summed E-state index contributed by atoms with van der Waals surface area (Å²) in [5, 5.41) is 128. The summed E-state index contributed by atoms with van der Waals surface area (Å²) in [7, 11) is 0. The van der Waals surface area contributed by atoms with Crippen molar-refractivity contribution in [2.24, 2.45) is 58.6 Å². The van der Waals surface area contributed by atoms with Crippen LogP contribution in [0.5, 0.6) is 40.2 Å². The van der Waals surface area contributed by atoms with Gasteiger partial charge in [-0.05, 0) is 79.6 Å². The Morgan fingerprint density at radius 3 is 0.895 bits per heavy atom. The highest BCUT2D eigenvalue weighted by molar-refractivity contribution is 5.63. The molecule has 0 amide bonds. The molecular formula is C53H43N15O18. The molecule has 0 saturated carbocycles. The largest absolute Gasteiger partial charge is 0.507 e. The molecule has 0 spiro atoms. The van der Waals surface area contributed by atoms with Crippen LogP contribution in [0.2, 0.25) is 0 Å². The number of aromatic hydroxyl groups is 4. The number of nitro groups is 4. The summed E-state index contributed by atoms with van der Waals surface area (Å²) in [4.78, 5) is 70.9. The van der Waals surface area contributed by atoms with Crippen LogP contribution in [0.1, 0.15) is 44.5 Å². The summed E-state index contributed by atoms with van der Waals surface area (Å²) in [6.45, 7) is 3.12. The van der Waals surface area contributed by atoms with Gasteiger partial charge in [-0.15, -0.1) is 0 Å². The molecule has 8 aromatic rings. The standard InChI is InChI=1S/C53H43N15O18/c1-27-6-36(58-57-35-4-3-5-43(17-35)65(73)74)11-29(50(27)69)8-31-13-38(60-63-41-19-45(67(77)78)25-48(22-41)82-85-55)15-33(52(31)71)10-34-16-39(61-64-42-20-46(68(79)80)26-49(23-42)83-86-56)14-32(53(34)72)9-30-12-37(7-28(2)51(30)70)59-62-40-18-44(66(75)76)24-47(21-40)81-84-54/h3-7,11-26,69-72H,8-10,54-56H2,1-2H3. The first-order valence-corrected chi connectivity index (χ1v) is 24.4. The summed E-state index contributed by atoms with van der Waals surface area (Å²) in [5.74, 6) is 13.2. The lowest BCUT2D eigenvalue weighted by Crippen LogP contribution is -2.03. The van der Waals surface area contributed by atoms with E-state index in [1.54, 1.807) is 13.8 Å². The summed E-state index contributed by atoms with van der Waals surface area (Å²) < 4.78 is 0. The van der Waals surface area contributed by atoms with Crippen LogP contribution in [0.4, 0.5) is 68.2 Å². The van der Waals surface area contributed by atoms with Crippen molar-refractivity contribution < 1.29 is 69.7 Å². The smallest absolute Gasteiger partial charge is 0.275 e. The van der Waals surface area contributed by atoms with Crippen LogP contribution in [-0.4, -0.2) is 40.1 Å². The molecule has 0 aromatic heterocycles. The number of nitrogens with two attached hydrogens (primary N) is 3. The highest BCUT2D eigenvalue weighted by Gasteiger charge is 2.22. The van der Waals surface area contributed by atoms with Gasteiger partial charge in [0.15, 0.2) is 17.2 Å². The first-order valence-electron chi connectivity index (χ1n) is 24.4. The number of non-ortho nitro benzene ring substituents is 4. The van der Waals surface area contributed by atoms with Gasteiger partial charge < -0.3 is 35.1 Å². The first kappa shape index (κ1) is 60.2. The zero-order chi connectivity index (χ0) is 61.8. The van der Waals surface area contributed by atoms with Gasteiger partial charge in [0.25, 0.3) is 22.7 Å². The quantitative estimate of drug-likeness (QED) is 0.0128. The molecule has 0 radical (unpaired) electrons. The average Bonchev–Trinajstić information content (AvgIpc) is 1.71. The van der Waals surface area contributed by atoms with E-state index in [-0.39, 0.29) is 138 Å². The van der Waals surface area contributed by atoms with Crippen LogP contribution in [0, 0.1) is 54.3 Å². The zero-order valence-electron chi connectivity index (χ0n) is 44.3.